The number of hydrogen-bond donors (Lipinski definition) is 1. The van der Waals surface area contributed by atoms with Gasteiger partial charge in [0.15, 0.2) is 0 Å². The van der Waals surface area contributed by atoms with Crippen LogP contribution >= 0.6 is 12.4 Å². The van der Waals surface area contributed by atoms with Crippen LogP contribution in [-0.2, 0) is 11.2 Å². The molecule has 0 spiro atoms. The van der Waals surface area contributed by atoms with Gasteiger partial charge in [-0.1, -0.05) is 30.3 Å². The van der Waals surface area contributed by atoms with Crippen LogP contribution in [0.2, 0.25) is 0 Å². The Hall–Kier alpha value is -0.570. The fourth-order valence-electron chi connectivity index (χ4n) is 1.62. The lowest BCUT2D eigenvalue weighted by Gasteiger charge is -2.09. The van der Waals surface area contributed by atoms with Crippen LogP contribution in [0.15, 0.2) is 30.3 Å². The maximum atomic E-state index is 5.56. The van der Waals surface area contributed by atoms with Gasteiger partial charge in [0.25, 0.3) is 0 Å². The summed E-state index contributed by atoms with van der Waals surface area (Å²) in [6.45, 7) is 2.97. The number of halogens is 1. The van der Waals surface area contributed by atoms with Crippen molar-refractivity contribution in [3.8, 4) is 0 Å². The Labute approximate surface area is 91.1 Å². The fourth-order valence-corrected chi connectivity index (χ4v) is 1.62. The summed E-state index contributed by atoms with van der Waals surface area (Å²) in [6, 6.07) is 10.9. The van der Waals surface area contributed by atoms with Crippen LogP contribution in [0.25, 0.3) is 0 Å². The highest BCUT2D eigenvalue weighted by molar-refractivity contribution is 5.85. The molecule has 2 nitrogen and oxygen atoms in total. The van der Waals surface area contributed by atoms with E-state index in [1.54, 1.807) is 0 Å². The van der Waals surface area contributed by atoms with Crippen molar-refractivity contribution < 1.29 is 4.74 Å². The molecule has 1 heterocycles. The molecule has 1 fully saturated rings. The summed E-state index contributed by atoms with van der Waals surface area (Å²) in [5.41, 5.74) is 1.33. The Morgan fingerprint density at radius 1 is 1.36 bits per heavy atom. The molecule has 1 saturated heterocycles. The lowest BCUT2D eigenvalue weighted by molar-refractivity contribution is 0.101. The number of ether oxygens (including phenoxy) is 1. The summed E-state index contributed by atoms with van der Waals surface area (Å²) in [5, 5.41) is 3.38. The second-order valence-corrected chi connectivity index (χ2v) is 3.58. The Kier molecular flexibility index (Phi) is 4.39. The Balaban J connectivity index is 0.000000980. The van der Waals surface area contributed by atoms with Crippen LogP contribution in [-0.4, -0.2) is 18.9 Å². The lowest BCUT2D eigenvalue weighted by atomic mass is 10.1. The molecule has 1 aromatic rings. The smallest absolute Gasteiger partial charge is 0.112 e. The standard InChI is InChI=1S/C11H15NO.ClH/c1-9-8-13-11(12-9)7-10-5-3-2-4-6-10;/h2-6,9,11-12H,7-8H2,1H3;1H. The minimum atomic E-state index is 0. The normalized spacial score (nSPS) is 25.8. The highest BCUT2D eigenvalue weighted by Crippen LogP contribution is 2.09. The summed E-state index contributed by atoms with van der Waals surface area (Å²) < 4.78 is 5.56. The van der Waals surface area contributed by atoms with E-state index in [4.69, 9.17) is 4.74 Å². The highest BCUT2D eigenvalue weighted by Gasteiger charge is 2.20. The average Bonchev–Trinajstić information content (AvgIpc) is 2.53. The summed E-state index contributed by atoms with van der Waals surface area (Å²) in [6.07, 6.45) is 1.17. The molecule has 3 heteroatoms. The molecule has 0 bridgehead atoms. The van der Waals surface area contributed by atoms with E-state index >= 15 is 0 Å². The first-order chi connectivity index (χ1) is 6.34. The van der Waals surface area contributed by atoms with Gasteiger partial charge >= 0.3 is 0 Å². The first-order valence-electron chi connectivity index (χ1n) is 4.76. The van der Waals surface area contributed by atoms with Crippen molar-refractivity contribution in [2.75, 3.05) is 6.61 Å². The number of benzene rings is 1. The van der Waals surface area contributed by atoms with Crippen molar-refractivity contribution >= 4 is 12.4 Å². The zero-order valence-corrected chi connectivity index (χ0v) is 9.09. The van der Waals surface area contributed by atoms with E-state index in [1.807, 2.05) is 6.07 Å². The van der Waals surface area contributed by atoms with E-state index in [1.165, 1.54) is 5.56 Å². The summed E-state index contributed by atoms with van der Waals surface area (Å²) in [5.74, 6) is 0. The topological polar surface area (TPSA) is 21.3 Å². The van der Waals surface area contributed by atoms with E-state index in [0.29, 0.717) is 6.04 Å². The maximum absolute atomic E-state index is 5.56. The lowest BCUT2D eigenvalue weighted by Crippen LogP contribution is -2.29. The second-order valence-electron chi connectivity index (χ2n) is 3.58. The van der Waals surface area contributed by atoms with Crippen molar-refractivity contribution in [2.24, 2.45) is 0 Å². The van der Waals surface area contributed by atoms with E-state index in [-0.39, 0.29) is 18.6 Å². The van der Waals surface area contributed by atoms with E-state index in [2.05, 4.69) is 36.5 Å². The summed E-state index contributed by atoms with van der Waals surface area (Å²) >= 11 is 0. The molecule has 1 N–H and O–H groups in total. The van der Waals surface area contributed by atoms with Gasteiger partial charge in [-0.15, -0.1) is 12.4 Å². The van der Waals surface area contributed by atoms with Crippen LogP contribution in [0, 0.1) is 0 Å². The van der Waals surface area contributed by atoms with Gasteiger partial charge in [0.1, 0.15) is 6.23 Å². The summed E-state index contributed by atoms with van der Waals surface area (Å²) in [7, 11) is 0. The van der Waals surface area contributed by atoms with Gasteiger partial charge in [-0.3, -0.25) is 5.32 Å². The van der Waals surface area contributed by atoms with Crippen LogP contribution in [0.4, 0.5) is 0 Å². The molecule has 1 aromatic carbocycles. The molecule has 0 amide bonds. The van der Waals surface area contributed by atoms with Crippen LogP contribution in [0.3, 0.4) is 0 Å². The maximum Gasteiger partial charge on any atom is 0.112 e. The Bertz CT molecular complexity index is 265. The minimum Gasteiger partial charge on any atom is -0.361 e. The molecule has 0 aliphatic carbocycles. The van der Waals surface area contributed by atoms with Gasteiger partial charge < -0.3 is 4.74 Å². The van der Waals surface area contributed by atoms with Crippen LogP contribution < -0.4 is 5.32 Å². The molecule has 1 aliphatic heterocycles. The molecule has 2 rings (SSSR count). The van der Waals surface area contributed by atoms with Gasteiger partial charge in [0.05, 0.1) is 6.61 Å². The van der Waals surface area contributed by atoms with Crippen molar-refractivity contribution in [3.63, 3.8) is 0 Å². The Morgan fingerprint density at radius 2 is 2.07 bits per heavy atom. The van der Waals surface area contributed by atoms with Gasteiger partial charge in [-0.25, -0.2) is 0 Å². The zero-order chi connectivity index (χ0) is 9.10. The Morgan fingerprint density at radius 3 is 2.64 bits per heavy atom. The molecule has 78 valence electrons. The third kappa shape index (κ3) is 2.98. The molecule has 14 heavy (non-hydrogen) atoms. The van der Waals surface area contributed by atoms with Gasteiger partial charge in [-0.2, -0.15) is 0 Å². The van der Waals surface area contributed by atoms with Crippen LogP contribution in [0.1, 0.15) is 12.5 Å². The van der Waals surface area contributed by atoms with Crippen molar-refractivity contribution in [3.05, 3.63) is 35.9 Å². The minimum absolute atomic E-state index is 0. The third-order valence-electron chi connectivity index (χ3n) is 2.28. The highest BCUT2D eigenvalue weighted by atomic mass is 35.5. The molecular weight excluding hydrogens is 198 g/mol. The summed E-state index contributed by atoms with van der Waals surface area (Å²) in [4.78, 5) is 0. The molecular formula is C11H16ClNO. The molecule has 2 unspecified atom stereocenters. The number of nitrogens with one attached hydrogen (secondary N) is 1. The van der Waals surface area contributed by atoms with E-state index in [0.717, 1.165) is 13.0 Å². The monoisotopic (exact) mass is 213 g/mol. The number of rotatable bonds is 2. The average molecular weight is 214 g/mol. The predicted octanol–water partition coefficient (Wildman–Crippen LogP) is 1.99. The largest absolute Gasteiger partial charge is 0.361 e. The van der Waals surface area contributed by atoms with Crippen molar-refractivity contribution in [1.82, 2.24) is 5.32 Å². The van der Waals surface area contributed by atoms with Gasteiger partial charge in [-0.05, 0) is 12.5 Å². The second kappa shape index (κ2) is 5.35. The van der Waals surface area contributed by atoms with E-state index in [9.17, 15) is 0 Å². The molecule has 0 aromatic heterocycles. The molecule has 2 atom stereocenters. The zero-order valence-electron chi connectivity index (χ0n) is 8.27. The van der Waals surface area contributed by atoms with Crippen LogP contribution in [0.5, 0.6) is 0 Å². The first-order valence-corrected chi connectivity index (χ1v) is 4.76. The van der Waals surface area contributed by atoms with Crippen molar-refractivity contribution in [1.29, 1.82) is 0 Å². The quantitative estimate of drug-likeness (QED) is 0.812. The number of hydrogen-bond acceptors (Lipinski definition) is 2. The van der Waals surface area contributed by atoms with Gasteiger partial charge in [0.2, 0.25) is 0 Å². The first kappa shape index (κ1) is 11.5. The SMILES string of the molecule is CC1COC(Cc2ccccc2)N1.Cl. The molecule has 0 radical (unpaired) electrons. The van der Waals surface area contributed by atoms with E-state index < -0.39 is 0 Å². The predicted molar refractivity (Wildman–Crippen MR) is 59.7 cm³/mol. The fraction of sp³-hybridized carbons (Fsp3) is 0.455. The van der Waals surface area contributed by atoms with Gasteiger partial charge in [0, 0.05) is 12.5 Å². The van der Waals surface area contributed by atoms with Crippen molar-refractivity contribution in [2.45, 2.75) is 25.6 Å². The molecule has 0 saturated carbocycles. The molecule has 1 aliphatic rings. The third-order valence-corrected chi connectivity index (χ3v) is 2.28.